The maximum atomic E-state index is 13.1. The molecule has 2 saturated heterocycles. The fourth-order valence-electron chi connectivity index (χ4n) is 5.30. The van der Waals surface area contributed by atoms with Gasteiger partial charge in [-0.1, -0.05) is 54.6 Å². The van der Waals surface area contributed by atoms with Crippen molar-refractivity contribution in [2.45, 2.75) is 50.7 Å². The van der Waals surface area contributed by atoms with E-state index in [0.29, 0.717) is 6.54 Å². The minimum Gasteiger partial charge on any atom is -0.369 e. The van der Waals surface area contributed by atoms with E-state index in [1.165, 1.54) is 0 Å². The van der Waals surface area contributed by atoms with E-state index >= 15 is 0 Å². The van der Waals surface area contributed by atoms with Crippen LogP contribution in [0.25, 0.3) is 22.3 Å². The van der Waals surface area contributed by atoms with Gasteiger partial charge >= 0.3 is 13.4 Å². The van der Waals surface area contributed by atoms with Gasteiger partial charge in [-0.3, -0.25) is 14.3 Å². The summed E-state index contributed by atoms with van der Waals surface area (Å²) >= 11 is 0. The number of fused-ring (bicyclic) bond motifs is 2. The minimum atomic E-state index is -4.75. The molecule has 2 aromatic heterocycles. The molecule has 0 spiro atoms. The van der Waals surface area contributed by atoms with Gasteiger partial charge in [-0.2, -0.15) is 9.55 Å². The van der Waals surface area contributed by atoms with Gasteiger partial charge in [0.05, 0.1) is 6.61 Å². The highest BCUT2D eigenvalue weighted by Crippen LogP contribution is 2.45. The molecular formula is C26H29N5O8P+. The molecule has 0 aliphatic carbocycles. The van der Waals surface area contributed by atoms with Gasteiger partial charge in [0.2, 0.25) is 18.5 Å². The number of rotatable bonds is 7. The lowest BCUT2D eigenvalue weighted by atomic mass is 10.0. The molecule has 4 atom stereocenters. The molecule has 13 nitrogen and oxygen atoms in total. The van der Waals surface area contributed by atoms with Gasteiger partial charge in [-0.05, 0) is 30.5 Å². The van der Waals surface area contributed by atoms with Crippen LogP contribution < -0.4 is 15.9 Å². The Morgan fingerprint density at radius 3 is 2.48 bits per heavy atom. The summed E-state index contributed by atoms with van der Waals surface area (Å²) in [5, 5.41) is 0. The highest BCUT2D eigenvalue weighted by molar-refractivity contribution is 7.46. The van der Waals surface area contributed by atoms with Crippen LogP contribution in [-0.2, 0) is 29.8 Å². The molecule has 0 saturated carbocycles. The second-order valence-electron chi connectivity index (χ2n) is 10.3. The van der Waals surface area contributed by atoms with Crippen molar-refractivity contribution in [1.82, 2.24) is 14.5 Å². The number of hydrogen-bond donors (Lipinski definition) is 4. The molecule has 0 unspecified atom stereocenters. The Labute approximate surface area is 228 Å². The largest absolute Gasteiger partial charge is 0.469 e. The van der Waals surface area contributed by atoms with Crippen molar-refractivity contribution < 1.29 is 37.7 Å². The first-order valence-corrected chi connectivity index (χ1v) is 14.2. The molecule has 40 heavy (non-hydrogen) atoms. The number of nitrogens with two attached hydrogens (primary N) is 1. The second kappa shape index (κ2) is 9.89. The van der Waals surface area contributed by atoms with E-state index in [0.717, 1.165) is 16.7 Å². The van der Waals surface area contributed by atoms with Gasteiger partial charge in [0, 0.05) is 0 Å². The van der Waals surface area contributed by atoms with E-state index in [1.54, 1.807) is 29.3 Å². The summed E-state index contributed by atoms with van der Waals surface area (Å²) in [4.78, 5) is 38.5. The van der Waals surface area contributed by atoms with Crippen LogP contribution in [0.2, 0.25) is 0 Å². The van der Waals surface area contributed by atoms with Gasteiger partial charge in [-0.25, -0.2) is 9.13 Å². The maximum Gasteiger partial charge on any atom is 0.469 e. The number of phosphoric ester groups is 1. The van der Waals surface area contributed by atoms with Crippen molar-refractivity contribution in [3.63, 3.8) is 0 Å². The average molecular weight is 571 g/mol. The van der Waals surface area contributed by atoms with Crippen LogP contribution in [0, 0.1) is 0 Å². The number of H-pyrrole nitrogens is 1. The Hall–Kier alpha value is -3.42. The monoisotopic (exact) mass is 570 g/mol. The number of hydrogen-bond acceptors (Lipinski definition) is 8. The lowest BCUT2D eigenvalue weighted by molar-refractivity contribution is -0.664. The van der Waals surface area contributed by atoms with Gasteiger partial charge < -0.3 is 29.7 Å². The van der Waals surface area contributed by atoms with Crippen molar-refractivity contribution in [2.75, 3.05) is 12.3 Å². The third-order valence-corrected chi connectivity index (χ3v) is 7.40. The van der Waals surface area contributed by atoms with E-state index in [9.17, 15) is 19.1 Å². The third-order valence-electron chi connectivity index (χ3n) is 6.91. The van der Waals surface area contributed by atoms with Crippen molar-refractivity contribution in [2.24, 2.45) is 0 Å². The summed E-state index contributed by atoms with van der Waals surface area (Å²) < 4.78 is 37.8. The number of nitrogens with zero attached hydrogens (tertiary/aromatic N) is 3. The van der Waals surface area contributed by atoms with E-state index in [1.807, 2.05) is 54.6 Å². The Kier molecular flexibility index (Phi) is 6.62. The summed E-state index contributed by atoms with van der Waals surface area (Å²) in [6.45, 7) is 3.39. The fraction of sp³-hybridized carbons (Fsp3) is 0.346. The van der Waals surface area contributed by atoms with Crippen molar-refractivity contribution in [1.29, 1.82) is 0 Å². The Morgan fingerprint density at radius 2 is 1.77 bits per heavy atom. The molecule has 2 aromatic carbocycles. The molecule has 210 valence electrons. The molecule has 6 rings (SSSR count). The standard InChI is InChI=1S/C26H28N5O8P/c1-26(2)38-20-18(13-36-40(33,34)35)37-24(21(20)39-26)31-14-30(19-22(31)28-25(27)29-23(19)32)12-15-8-10-17(11-9-15)16-6-4-3-5-7-16/h3-11,14,18,20-21,24H,12-13H2,1-2H3,(H4-,27,28,29,32,33,34,35)/p+1/t18-,20-,21-,24-/m1/s1. The van der Waals surface area contributed by atoms with Crippen LogP contribution >= 0.6 is 7.82 Å². The van der Waals surface area contributed by atoms with Gasteiger partial charge in [0.25, 0.3) is 11.2 Å². The van der Waals surface area contributed by atoms with Crippen LogP contribution in [0.4, 0.5) is 5.95 Å². The first-order valence-electron chi connectivity index (χ1n) is 12.6. The molecule has 2 aliphatic rings. The van der Waals surface area contributed by atoms with Crippen LogP contribution in [0.1, 0.15) is 25.6 Å². The molecule has 2 aliphatic heterocycles. The maximum absolute atomic E-state index is 13.1. The van der Waals surface area contributed by atoms with Crippen LogP contribution in [0.3, 0.4) is 0 Å². The number of aromatic amines is 1. The summed E-state index contributed by atoms with van der Waals surface area (Å²) in [6, 6.07) is 18.0. The highest BCUT2D eigenvalue weighted by Gasteiger charge is 2.58. The Balaban J connectivity index is 1.36. The minimum absolute atomic E-state index is 0.0731. The number of aromatic nitrogens is 4. The average Bonchev–Trinajstić information content (AvgIpc) is 3.51. The lowest BCUT2D eigenvalue weighted by Gasteiger charge is -2.23. The molecule has 4 aromatic rings. The first kappa shape index (κ1) is 26.8. The zero-order valence-corrected chi connectivity index (χ0v) is 22.6. The van der Waals surface area contributed by atoms with Crippen LogP contribution in [0.15, 0.2) is 65.7 Å². The summed E-state index contributed by atoms with van der Waals surface area (Å²) in [6.07, 6.45) is -1.39. The number of nitrogens with one attached hydrogen (secondary N) is 1. The number of ether oxygens (including phenoxy) is 3. The second-order valence-corrected chi connectivity index (χ2v) is 11.5. The topological polar surface area (TPSA) is 175 Å². The SMILES string of the molecule is CC1(C)O[C@@H]2[C@H](O1)[C@@H](COP(=O)(O)O)O[C@H]2n1c[n+](Cc2ccc(-c3ccccc3)cc2)c2c(=O)[nH]c(N)nc21. The molecule has 2 fully saturated rings. The highest BCUT2D eigenvalue weighted by atomic mass is 31.2. The summed E-state index contributed by atoms with van der Waals surface area (Å²) in [5.74, 6) is -1.06. The molecule has 0 radical (unpaired) electrons. The predicted molar refractivity (Wildman–Crippen MR) is 142 cm³/mol. The smallest absolute Gasteiger partial charge is 0.369 e. The first-order chi connectivity index (χ1) is 19.0. The van der Waals surface area contributed by atoms with Gasteiger partial charge in [-0.15, -0.1) is 0 Å². The molecule has 5 N–H and O–H groups in total. The summed E-state index contributed by atoms with van der Waals surface area (Å²) in [5.41, 5.74) is 9.12. The fourth-order valence-corrected chi connectivity index (χ4v) is 5.64. The van der Waals surface area contributed by atoms with Crippen molar-refractivity contribution in [3.05, 3.63) is 76.8 Å². The lowest BCUT2D eigenvalue weighted by Crippen LogP contribution is -2.37. The van der Waals surface area contributed by atoms with Gasteiger partial charge in [0.15, 0.2) is 11.9 Å². The predicted octanol–water partition coefficient (Wildman–Crippen LogP) is 1.84. The molecule has 0 bridgehead atoms. The Morgan fingerprint density at radius 1 is 1.10 bits per heavy atom. The number of phosphoric acid groups is 1. The molecule has 4 heterocycles. The van der Waals surface area contributed by atoms with Gasteiger partial charge in [0.1, 0.15) is 18.8 Å². The van der Waals surface area contributed by atoms with E-state index in [4.69, 9.17) is 24.5 Å². The normalized spacial score (nSPS) is 24.0. The third kappa shape index (κ3) is 5.20. The molecule has 14 heteroatoms. The number of nitrogen functional groups attached to an aromatic ring is 1. The molecule has 0 amide bonds. The summed E-state index contributed by atoms with van der Waals surface area (Å²) in [7, 11) is -4.75. The van der Waals surface area contributed by atoms with E-state index in [2.05, 4.69) is 9.97 Å². The van der Waals surface area contributed by atoms with Crippen LogP contribution in [-0.4, -0.2) is 55.0 Å². The van der Waals surface area contributed by atoms with Crippen molar-refractivity contribution in [3.8, 4) is 11.1 Å². The quantitative estimate of drug-likeness (QED) is 0.190. The zero-order chi connectivity index (χ0) is 28.2. The number of anilines is 1. The number of imidazole rings is 1. The molecular weight excluding hydrogens is 541 g/mol. The van der Waals surface area contributed by atoms with E-state index < -0.39 is 50.3 Å². The van der Waals surface area contributed by atoms with Crippen molar-refractivity contribution >= 4 is 24.9 Å². The van der Waals surface area contributed by atoms with E-state index in [-0.39, 0.29) is 17.1 Å². The van der Waals surface area contributed by atoms with Crippen LogP contribution in [0.5, 0.6) is 0 Å². The number of benzene rings is 2. The zero-order valence-electron chi connectivity index (χ0n) is 21.7. The Bertz CT molecular complexity index is 1650.